The third kappa shape index (κ3) is 0.268. The highest BCUT2D eigenvalue weighted by Gasteiger charge is 2.85. The van der Waals surface area contributed by atoms with Gasteiger partial charge in [0.2, 0.25) is 0 Å². The molecule has 6 fully saturated rings. The van der Waals surface area contributed by atoms with Gasteiger partial charge in [-0.25, -0.2) is 0 Å². The summed E-state index contributed by atoms with van der Waals surface area (Å²) in [6.07, 6.45) is 9.88. The Balaban J connectivity index is 1.80. The van der Waals surface area contributed by atoms with Gasteiger partial charge in [0, 0.05) is 0 Å². The maximum Gasteiger partial charge on any atom is -0.0202 e. The van der Waals surface area contributed by atoms with E-state index >= 15 is 0 Å². The third-order valence-electron chi connectivity index (χ3n) is 6.91. The minimum atomic E-state index is 0.977. The largest absolute Gasteiger partial charge is 0.0496 e. The molecule has 6 aliphatic carbocycles. The molecule has 1 spiro atoms. The van der Waals surface area contributed by atoms with Crippen molar-refractivity contribution in [3.8, 4) is 0 Å². The van der Waals surface area contributed by atoms with Gasteiger partial charge in [0.05, 0.1) is 0 Å². The maximum absolute atomic E-state index is 1.68. The number of hydrogen-bond acceptors (Lipinski definition) is 0. The van der Waals surface area contributed by atoms with Crippen LogP contribution in [0.15, 0.2) is 0 Å². The second-order valence-corrected chi connectivity index (χ2v) is 6.35. The lowest BCUT2D eigenvalue weighted by molar-refractivity contribution is -0.132. The summed E-state index contributed by atoms with van der Waals surface area (Å²) in [4.78, 5) is 0. The fourth-order valence-electron chi connectivity index (χ4n) is 6.70. The molecule has 0 aromatic rings. The zero-order valence-corrected chi connectivity index (χ0v) is 7.55. The van der Waals surface area contributed by atoms with Gasteiger partial charge in [-0.2, -0.15) is 0 Å². The van der Waals surface area contributed by atoms with E-state index in [9.17, 15) is 0 Å². The quantitative estimate of drug-likeness (QED) is 0.511. The molecule has 0 heterocycles. The van der Waals surface area contributed by atoms with Crippen molar-refractivity contribution in [3.05, 3.63) is 0 Å². The summed E-state index contributed by atoms with van der Waals surface area (Å²) in [6.45, 7) is 0. The molecule has 6 aliphatic rings. The summed E-state index contributed by atoms with van der Waals surface area (Å²) in [6, 6.07) is 0. The Kier molecular flexibility index (Phi) is 0.578. The van der Waals surface area contributed by atoms with E-state index in [1.165, 1.54) is 23.7 Å². The standard InChI is InChI=1S/C12H16/c1-3-12-5-7(1)10(12)8-6-11(12)4-2-9(8)11/h7-10H,1-6H2. The van der Waals surface area contributed by atoms with Crippen molar-refractivity contribution in [3.63, 3.8) is 0 Å². The first-order valence-electron chi connectivity index (χ1n) is 5.87. The molecule has 4 bridgehead atoms. The molecule has 12 heavy (non-hydrogen) atoms. The molecule has 0 amide bonds. The highest BCUT2D eigenvalue weighted by atomic mass is 14.9. The summed E-state index contributed by atoms with van der Waals surface area (Å²) in [7, 11) is 0. The van der Waals surface area contributed by atoms with Gasteiger partial charge >= 0.3 is 0 Å². The predicted octanol–water partition coefficient (Wildman–Crippen LogP) is 2.83. The van der Waals surface area contributed by atoms with Crippen LogP contribution in [-0.2, 0) is 0 Å². The van der Waals surface area contributed by atoms with E-state index in [0.717, 1.165) is 10.8 Å². The number of fused-ring (bicyclic) bond motifs is 1. The molecular weight excluding hydrogens is 144 g/mol. The van der Waals surface area contributed by atoms with Gasteiger partial charge in [0.15, 0.2) is 0 Å². The lowest BCUT2D eigenvalue weighted by atomic mass is 9.42. The van der Waals surface area contributed by atoms with Crippen LogP contribution in [0.25, 0.3) is 0 Å². The summed E-state index contributed by atoms with van der Waals surface area (Å²) in [5.74, 6) is 5.00. The van der Waals surface area contributed by atoms with Crippen molar-refractivity contribution in [2.45, 2.75) is 38.5 Å². The zero-order chi connectivity index (χ0) is 7.55. The van der Waals surface area contributed by atoms with E-state index in [-0.39, 0.29) is 0 Å². The summed E-state index contributed by atoms with van der Waals surface area (Å²) in [5.41, 5.74) is 1.96. The van der Waals surface area contributed by atoms with E-state index in [1.807, 2.05) is 0 Å². The van der Waals surface area contributed by atoms with Crippen molar-refractivity contribution in [2.24, 2.45) is 34.5 Å². The first kappa shape index (κ1) is 5.67. The van der Waals surface area contributed by atoms with Gasteiger partial charge in [-0.05, 0) is 73.0 Å². The van der Waals surface area contributed by atoms with E-state index < -0.39 is 0 Å². The van der Waals surface area contributed by atoms with Crippen LogP contribution in [0, 0.1) is 34.5 Å². The van der Waals surface area contributed by atoms with Crippen LogP contribution in [-0.4, -0.2) is 0 Å². The Labute approximate surface area is 73.7 Å². The monoisotopic (exact) mass is 160 g/mol. The first-order valence-corrected chi connectivity index (χ1v) is 5.87. The molecule has 0 nitrogen and oxygen atoms in total. The first-order chi connectivity index (χ1) is 5.87. The van der Waals surface area contributed by atoms with Crippen LogP contribution >= 0.6 is 0 Å². The normalized spacial score (nSPS) is 80.0. The molecule has 6 rings (SSSR count). The number of rotatable bonds is 0. The second kappa shape index (κ2) is 1.22. The Morgan fingerprint density at radius 2 is 1.83 bits per heavy atom. The third-order valence-corrected chi connectivity index (χ3v) is 6.91. The average molecular weight is 160 g/mol. The number of hydrogen-bond donors (Lipinski definition) is 0. The minimum Gasteiger partial charge on any atom is -0.0496 e. The molecule has 6 saturated carbocycles. The van der Waals surface area contributed by atoms with E-state index in [1.54, 1.807) is 38.5 Å². The lowest BCUT2D eigenvalue weighted by Gasteiger charge is -2.62. The van der Waals surface area contributed by atoms with Crippen molar-refractivity contribution in [1.82, 2.24) is 0 Å². The molecular formula is C12H16. The van der Waals surface area contributed by atoms with Gasteiger partial charge in [0.25, 0.3) is 0 Å². The molecule has 0 heteroatoms. The van der Waals surface area contributed by atoms with Crippen molar-refractivity contribution >= 4 is 0 Å². The van der Waals surface area contributed by atoms with Crippen LogP contribution < -0.4 is 0 Å². The molecule has 64 valence electrons. The zero-order valence-electron chi connectivity index (χ0n) is 7.55. The van der Waals surface area contributed by atoms with Gasteiger partial charge in [0.1, 0.15) is 0 Å². The fraction of sp³-hybridized carbons (Fsp3) is 1.00. The van der Waals surface area contributed by atoms with Gasteiger partial charge < -0.3 is 0 Å². The summed E-state index contributed by atoms with van der Waals surface area (Å²) >= 11 is 0. The molecule has 0 aromatic carbocycles. The molecule has 0 saturated heterocycles. The Morgan fingerprint density at radius 3 is 2.50 bits per heavy atom. The Bertz CT molecular complexity index is 290. The highest BCUT2D eigenvalue weighted by molar-refractivity contribution is 5.34. The van der Waals surface area contributed by atoms with E-state index in [0.29, 0.717) is 0 Å². The molecule has 6 unspecified atom stereocenters. The van der Waals surface area contributed by atoms with Crippen LogP contribution in [0.5, 0.6) is 0 Å². The van der Waals surface area contributed by atoms with Crippen molar-refractivity contribution in [2.75, 3.05) is 0 Å². The highest BCUT2D eigenvalue weighted by Crippen LogP contribution is 2.92. The van der Waals surface area contributed by atoms with Gasteiger partial charge in [-0.15, -0.1) is 0 Å². The summed E-state index contributed by atoms with van der Waals surface area (Å²) in [5, 5.41) is 0. The SMILES string of the molecule is C1CC23CC1C2C1CC32CCC12. The lowest BCUT2D eigenvalue weighted by Crippen LogP contribution is -2.54. The van der Waals surface area contributed by atoms with Gasteiger partial charge in [-0.3, -0.25) is 0 Å². The van der Waals surface area contributed by atoms with E-state index in [2.05, 4.69) is 0 Å². The maximum atomic E-state index is 1.68. The van der Waals surface area contributed by atoms with Crippen molar-refractivity contribution in [1.29, 1.82) is 0 Å². The predicted molar refractivity (Wildman–Crippen MR) is 46.5 cm³/mol. The molecule has 0 aliphatic heterocycles. The van der Waals surface area contributed by atoms with Crippen LogP contribution in [0.4, 0.5) is 0 Å². The molecule has 0 radical (unpaired) electrons. The average Bonchev–Trinajstić information content (AvgIpc) is 2.59. The topological polar surface area (TPSA) is 0 Å². The molecule has 0 N–H and O–H groups in total. The fourth-order valence-corrected chi connectivity index (χ4v) is 6.70. The Morgan fingerprint density at radius 1 is 0.917 bits per heavy atom. The summed E-state index contributed by atoms with van der Waals surface area (Å²) < 4.78 is 0. The van der Waals surface area contributed by atoms with Gasteiger partial charge in [-0.1, -0.05) is 0 Å². The van der Waals surface area contributed by atoms with Crippen LogP contribution in [0.2, 0.25) is 0 Å². The second-order valence-electron chi connectivity index (χ2n) is 6.35. The minimum absolute atomic E-state index is 0.977. The Hall–Kier alpha value is 0. The smallest absolute Gasteiger partial charge is 0.0202 e. The van der Waals surface area contributed by atoms with Crippen LogP contribution in [0.3, 0.4) is 0 Å². The van der Waals surface area contributed by atoms with Crippen LogP contribution in [0.1, 0.15) is 38.5 Å². The molecule has 6 atom stereocenters. The van der Waals surface area contributed by atoms with Crippen molar-refractivity contribution < 1.29 is 0 Å². The van der Waals surface area contributed by atoms with E-state index in [4.69, 9.17) is 0 Å². The molecule has 0 aromatic heterocycles.